The number of aryl methyl sites for hydroxylation is 1. The number of amides is 2. The average Bonchev–Trinajstić information content (AvgIpc) is 3.27. The predicted octanol–water partition coefficient (Wildman–Crippen LogP) is 7.26. The first-order chi connectivity index (χ1) is 20.0. The molecule has 0 unspecified atom stereocenters. The smallest absolute Gasteiger partial charge is 0.259 e. The number of methoxy groups -OCH3 is 1. The highest BCUT2D eigenvalue weighted by atomic mass is 28.4. The molecule has 220 valence electrons. The van der Waals surface area contributed by atoms with Gasteiger partial charge in [-0.15, -0.1) is 0 Å². The van der Waals surface area contributed by atoms with Crippen molar-refractivity contribution in [3.05, 3.63) is 83.7 Å². The van der Waals surface area contributed by atoms with Crippen molar-refractivity contribution in [1.82, 2.24) is 9.55 Å². The minimum absolute atomic E-state index is 0.0965. The molecule has 2 heterocycles. The minimum Gasteiger partial charge on any atom is -0.496 e. The van der Waals surface area contributed by atoms with Gasteiger partial charge in [0.15, 0.2) is 8.32 Å². The molecule has 0 saturated heterocycles. The summed E-state index contributed by atoms with van der Waals surface area (Å²) >= 11 is 0. The van der Waals surface area contributed by atoms with Crippen molar-refractivity contribution in [2.45, 2.75) is 64.9 Å². The number of aromatic nitrogens is 2. The van der Waals surface area contributed by atoms with Gasteiger partial charge in [-0.25, -0.2) is 4.98 Å². The number of nitrogens with one attached hydrogen (secondary N) is 1. The summed E-state index contributed by atoms with van der Waals surface area (Å²) in [4.78, 5) is 33.5. The van der Waals surface area contributed by atoms with Gasteiger partial charge in [0.25, 0.3) is 11.8 Å². The molecule has 1 aliphatic heterocycles. The molecule has 4 aromatic rings. The largest absolute Gasteiger partial charge is 0.496 e. The Labute approximate surface area is 248 Å². The molecule has 3 aromatic carbocycles. The molecule has 2 amide bonds. The number of hydrogen-bond donors (Lipinski definition) is 1. The Hall–Kier alpha value is -3.95. The summed E-state index contributed by atoms with van der Waals surface area (Å²) in [6.45, 7) is 12.1. The number of carbonyl (C=O) groups is 2. The highest BCUT2D eigenvalue weighted by Crippen LogP contribution is 2.37. The Morgan fingerprint density at radius 3 is 2.57 bits per heavy atom. The number of imidazole rings is 1. The van der Waals surface area contributed by atoms with Gasteiger partial charge in [0, 0.05) is 17.8 Å². The number of para-hydroxylation sites is 2. The van der Waals surface area contributed by atoms with E-state index in [1.54, 1.807) is 24.5 Å². The molecular formula is C33H40N4O4Si. The lowest BCUT2D eigenvalue weighted by atomic mass is 10.1. The number of benzene rings is 3. The predicted molar refractivity (Wildman–Crippen MR) is 170 cm³/mol. The summed E-state index contributed by atoms with van der Waals surface area (Å²) in [5.74, 6) is -0.114. The zero-order chi connectivity index (χ0) is 30.1. The molecule has 0 radical (unpaired) electrons. The van der Waals surface area contributed by atoms with E-state index in [9.17, 15) is 9.59 Å². The van der Waals surface area contributed by atoms with Crippen LogP contribution in [0.1, 0.15) is 59.9 Å². The Balaban J connectivity index is 1.36. The van der Waals surface area contributed by atoms with E-state index in [4.69, 9.17) is 9.16 Å². The minimum atomic E-state index is -1.95. The van der Waals surface area contributed by atoms with Crippen LogP contribution in [0.5, 0.6) is 5.75 Å². The van der Waals surface area contributed by atoms with E-state index < -0.39 is 8.32 Å². The quantitative estimate of drug-likeness (QED) is 0.231. The van der Waals surface area contributed by atoms with Crippen LogP contribution in [0.4, 0.5) is 11.4 Å². The topological polar surface area (TPSA) is 85.7 Å². The standard InChI is InChI=1S/C33H40N4O4Si/c1-33(2,3)42(5,6)41-22-36-21-34-30-26(14-11-16-28(30)36)35-31(38)25-18-17-24(20-29(25)40-4)32(39)37-19-10-9-13-23-12-7-8-15-27(23)37/h7-8,11-12,14-18,20-21H,9-10,13,19,22H2,1-6H3,(H,35,38). The van der Waals surface area contributed by atoms with Gasteiger partial charge >= 0.3 is 0 Å². The second-order valence-corrected chi connectivity index (χ2v) is 17.1. The average molecular weight is 585 g/mol. The van der Waals surface area contributed by atoms with Crippen molar-refractivity contribution in [3.8, 4) is 5.75 Å². The third kappa shape index (κ3) is 5.84. The zero-order valence-corrected chi connectivity index (χ0v) is 26.4. The molecule has 9 heteroatoms. The fraction of sp³-hybridized carbons (Fsp3) is 0.364. The van der Waals surface area contributed by atoms with Crippen LogP contribution in [-0.4, -0.2) is 43.3 Å². The maximum absolute atomic E-state index is 13.6. The molecule has 0 aliphatic carbocycles. The lowest BCUT2D eigenvalue weighted by Crippen LogP contribution is -2.41. The van der Waals surface area contributed by atoms with E-state index >= 15 is 0 Å². The summed E-state index contributed by atoms with van der Waals surface area (Å²) in [5.41, 5.74) is 5.07. The van der Waals surface area contributed by atoms with E-state index in [0.29, 0.717) is 41.4 Å². The lowest BCUT2D eigenvalue weighted by Gasteiger charge is -2.36. The van der Waals surface area contributed by atoms with Crippen molar-refractivity contribution < 1.29 is 18.8 Å². The Kier molecular flexibility index (Phi) is 8.25. The van der Waals surface area contributed by atoms with Gasteiger partial charge in [0.2, 0.25) is 0 Å². The highest BCUT2D eigenvalue weighted by molar-refractivity contribution is 6.74. The van der Waals surface area contributed by atoms with Gasteiger partial charge in [0.05, 0.1) is 30.2 Å². The fourth-order valence-corrected chi connectivity index (χ4v) is 5.89. The van der Waals surface area contributed by atoms with E-state index in [2.05, 4.69) is 50.2 Å². The number of fused-ring (bicyclic) bond motifs is 2. The normalized spacial score (nSPS) is 13.9. The molecule has 1 N–H and O–H groups in total. The Bertz CT molecular complexity index is 1620. The Morgan fingerprint density at radius 2 is 1.81 bits per heavy atom. The number of hydrogen-bond acceptors (Lipinski definition) is 5. The zero-order valence-electron chi connectivity index (χ0n) is 25.4. The van der Waals surface area contributed by atoms with Crippen LogP contribution in [0.2, 0.25) is 18.1 Å². The first-order valence-corrected chi connectivity index (χ1v) is 17.4. The van der Waals surface area contributed by atoms with Crippen LogP contribution in [-0.2, 0) is 17.6 Å². The molecular weight excluding hydrogens is 544 g/mol. The number of anilines is 2. The number of rotatable bonds is 7. The molecule has 0 bridgehead atoms. The van der Waals surface area contributed by atoms with E-state index in [-0.39, 0.29) is 16.9 Å². The molecule has 42 heavy (non-hydrogen) atoms. The molecule has 0 fully saturated rings. The van der Waals surface area contributed by atoms with Crippen LogP contribution >= 0.6 is 0 Å². The molecule has 8 nitrogen and oxygen atoms in total. The van der Waals surface area contributed by atoms with Gasteiger partial charge in [-0.05, 0) is 79.4 Å². The molecule has 0 atom stereocenters. The van der Waals surface area contributed by atoms with Crippen molar-refractivity contribution in [1.29, 1.82) is 0 Å². The summed E-state index contributed by atoms with van der Waals surface area (Å²) < 4.78 is 14.0. The van der Waals surface area contributed by atoms with Crippen molar-refractivity contribution in [2.75, 3.05) is 23.9 Å². The molecule has 0 saturated carbocycles. The number of carbonyl (C=O) groups excluding carboxylic acids is 2. The maximum atomic E-state index is 13.6. The van der Waals surface area contributed by atoms with E-state index in [0.717, 1.165) is 30.5 Å². The SMILES string of the molecule is COc1cc(C(=O)N2CCCCc3ccccc32)ccc1C(=O)Nc1cccc2c1ncn2CO[Si](C)(C)C(C)(C)C. The number of nitrogens with zero attached hydrogens (tertiary/aromatic N) is 3. The fourth-order valence-electron chi connectivity index (χ4n) is 5.00. The van der Waals surface area contributed by atoms with Crippen molar-refractivity contribution in [2.24, 2.45) is 0 Å². The van der Waals surface area contributed by atoms with Gasteiger partial charge in [-0.3, -0.25) is 9.59 Å². The highest BCUT2D eigenvalue weighted by Gasteiger charge is 2.37. The van der Waals surface area contributed by atoms with Gasteiger partial charge in [-0.2, -0.15) is 0 Å². The van der Waals surface area contributed by atoms with Crippen LogP contribution in [0.15, 0.2) is 67.0 Å². The third-order valence-electron chi connectivity index (χ3n) is 8.57. The first kappa shape index (κ1) is 29.5. The second-order valence-electron chi connectivity index (χ2n) is 12.3. The van der Waals surface area contributed by atoms with E-state index in [1.165, 1.54) is 12.7 Å². The monoisotopic (exact) mass is 584 g/mol. The van der Waals surface area contributed by atoms with Gasteiger partial charge in [0.1, 0.15) is 18.0 Å². The second kappa shape index (κ2) is 11.7. The van der Waals surface area contributed by atoms with Crippen molar-refractivity contribution in [3.63, 3.8) is 0 Å². The molecule has 1 aromatic heterocycles. The summed E-state index contributed by atoms with van der Waals surface area (Å²) in [6.07, 6.45) is 4.67. The molecule has 0 spiro atoms. The first-order valence-electron chi connectivity index (χ1n) is 14.5. The summed E-state index contributed by atoms with van der Waals surface area (Å²) in [5, 5.41) is 3.09. The molecule has 5 rings (SSSR count). The van der Waals surface area contributed by atoms with Crippen molar-refractivity contribution >= 4 is 42.5 Å². The molecule has 1 aliphatic rings. The van der Waals surface area contributed by atoms with E-state index in [1.807, 2.05) is 45.9 Å². The number of ether oxygens (including phenoxy) is 1. The van der Waals surface area contributed by atoms with Crippen LogP contribution in [0.25, 0.3) is 11.0 Å². The maximum Gasteiger partial charge on any atom is 0.259 e. The van der Waals surface area contributed by atoms with Crippen LogP contribution < -0.4 is 15.0 Å². The summed E-state index contributed by atoms with van der Waals surface area (Å²) in [7, 11) is -0.440. The van der Waals surface area contributed by atoms with Crippen LogP contribution in [0.3, 0.4) is 0 Å². The third-order valence-corrected chi connectivity index (χ3v) is 13.0. The van der Waals surface area contributed by atoms with Gasteiger partial charge < -0.3 is 23.9 Å². The van der Waals surface area contributed by atoms with Crippen LogP contribution in [0, 0.1) is 0 Å². The Morgan fingerprint density at radius 1 is 1.02 bits per heavy atom. The van der Waals surface area contributed by atoms with Gasteiger partial charge in [-0.1, -0.05) is 45.0 Å². The summed E-state index contributed by atoms with van der Waals surface area (Å²) in [6, 6.07) is 18.7. The lowest BCUT2D eigenvalue weighted by molar-refractivity contribution is 0.0982.